The zero-order valence-electron chi connectivity index (χ0n) is 20.5. The van der Waals surface area contributed by atoms with Gasteiger partial charge in [0.05, 0.1) is 18.6 Å². The Kier molecular flexibility index (Phi) is 9.01. The molecule has 0 spiro atoms. The second kappa shape index (κ2) is 11.9. The van der Waals surface area contributed by atoms with E-state index in [1.54, 1.807) is 26.4 Å². The maximum atomic E-state index is 13.0. The highest BCUT2D eigenvalue weighted by Crippen LogP contribution is 2.39. The lowest BCUT2D eigenvalue weighted by molar-refractivity contribution is -0.385. The number of methoxy groups -OCH3 is 2. The number of hydrogen-bond donors (Lipinski definition) is 0. The minimum Gasteiger partial charge on any atom is -0.496 e. The van der Waals surface area contributed by atoms with Crippen molar-refractivity contribution in [1.29, 1.82) is 0 Å². The van der Waals surface area contributed by atoms with Crippen molar-refractivity contribution < 1.29 is 19.2 Å². The van der Waals surface area contributed by atoms with Crippen molar-refractivity contribution in [2.24, 2.45) is 11.8 Å². The highest BCUT2D eigenvalue weighted by molar-refractivity contribution is 5.78. The lowest BCUT2D eigenvalue weighted by Gasteiger charge is -2.30. The second-order valence-electron chi connectivity index (χ2n) is 9.12. The number of nitro benzene ring substituents is 1. The Labute approximate surface area is 201 Å². The number of benzene rings is 2. The van der Waals surface area contributed by atoms with Gasteiger partial charge in [-0.1, -0.05) is 50.2 Å². The number of hydrogen-bond acceptors (Lipinski definition) is 6. The summed E-state index contributed by atoms with van der Waals surface area (Å²) >= 11 is 0. The van der Waals surface area contributed by atoms with Crippen LogP contribution < -0.4 is 4.74 Å². The second-order valence-corrected chi connectivity index (χ2v) is 9.12. The Hall–Kier alpha value is -2.97. The number of likely N-dealkylation sites (tertiary alicyclic amines) is 1. The first-order valence-corrected chi connectivity index (χ1v) is 11.7. The van der Waals surface area contributed by atoms with Gasteiger partial charge in [0.2, 0.25) is 5.91 Å². The first-order chi connectivity index (χ1) is 16.3. The quantitative estimate of drug-likeness (QED) is 0.366. The number of carbonyl (C=O) groups excluding carboxylic acids is 1. The number of ether oxygens (including phenoxy) is 2. The van der Waals surface area contributed by atoms with Gasteiger partial charge >= 0.3 is 0 Å². The van der Waals surface area contributed by atoms with E-state index >= 15 is 0 Å². The zero-order chi connectivity index (χ0) is 24.7. The average molecular weight is 470 g/mol. The van der Waals surface area contributed by atoms with E-state index in [1.165, 1.54) is 0 Å². The lowest BCUT2D eigenvalue weighted by Crippen LogP contribution is -2.41. The molecule has 1 aliphatic heterocycles. The van der Waals surface area contributed by atoms with Crippen LogP contribution in [0.15, 0.2) is 48.5 Å². The van der Waals surface area contributed by atoms with Crippen LogP contribution in [0.5, 0.6) is 5.75 Å². The molecule has 2 unspecified atom stereocenters. The Morgan fingerprint density at radius 2 is 1.85 bits per heavy atom. The summed E-state index contributed by atoms with van der Waals surface area (Å²) in [5, 5.41) is 11.5. The molecule has 0 N–H and O–H groups in total. The van der Waals surface area contributed by atoms with Gasteiger partial charge in [0.15, 0.2) is 0 Å². The minimum atomic E-state index is -0.325. The third-order valence-corrected chi connectivity index (χ3v) is 6.46. The number of para-hydroxylation sites is 2. The molecule has 0 bridgehead atoms. The summed E-state index contributed by atoms with van der Waals surface area (Å²) < 4.78 is 10.9. The van der Waals surface area contributed by atoms with Crippen LogP contribution in [0.4, 0.5) is 5.69 Å². The van der Waals surface area contributed by atoms with Crippen LogP contribution in [0, 0.1) is 22.0 Å². The molecule has 1 fully saturated rings. The predicted octanol–water partition coefficient (Wildman–Crippen LogP) is 3.95. The van der Waals surface area contributed by atoms with Crippen molar-refractivity contribution in [3.8, 4) is 5.75 Å². The van der Waals surface area contributed by atoms with E-state index in [0.717, 1.165) is 24.4 Å². The van der Waals surface area contributed by atoms with Gasteiger partial charge < -0.3 is 14.4 Å². The topological polar surface area (TPSA) is 85.2 Å². The molecule has 1 aliphatic rings. The third kappa shape index (κ3) is 6.12. The summed E-state index contributed by atoms with van der Waals surface area (Å²) in [6, 6.07) is 14.9. The van der Waals surface area contributed by atoms with Crippen molar-refractivity contribution in [2.75, 3.05) is 47.0 Å². The minimum absolute atomic E-state index is 0.105. The van der Waals surface area contributed by atoms with Gasteiger partial charge in [0, 0.05) is 63.3 Å². The summed E-state index contributed by atoms with van der Waals surface area (Å²) in [6.45, 7) is 7.36. The summed E-state index contributed by atoms with van der Waals surface area (Å²) in [6.07, 6.45) is 0. The van der Waals surface area contributed by atoms with Gasteiger partial charge in [-0.2, -0.15) is 0 Å². The van der Waals surface area contributed by atoms with Gasteiger partial charge in [-0.05, 0) is 17.5 Å². The number of rotatable bonds is 11. The smallest absolute Gasteiger partial charge is 0.273 e. The molecule has 0 aliphatic carbocycles. The number of nitrogens with zero attached hydrogens (tertiary/aromatic N) is 3. The third-order valence-electron chi connectivity index (χ3n) is 6.46. The fourth-order valence-corrected chi connectivity index (χ4v) is 4.80. The molecule has 0 aromatic heterocycles. The zero-order valence-corrected chi connectivity index (χ0v) is 20.5. The molecule has 1 amide bonds. The predicted molar refractivity (Wildman–Crippen MR) is 131 cm³/mol. The summed E-state index contributed by atoms with van der Waals surface area (Å²) in [5.41, 5.74) is 1.93. The van der Waals surface area contributed by atoms with E-state index < -0.39 is 0 Å². The molecule has 0 saturated carbocycles. The first kappa shape index (κ1) is 25.6. The average Bonchev–Trinajstić information content (AvgIpc) is 3.23. The standard InChI is InChI=1S/C26H35N3O5/c1-19(2)26(30)28(13-14-33-3)17-21-16-27(15-20-9-5-7-11-24(20)29(31)32)18-23(21)22-10-6-8-12-25(22)34-4/h5-12,19,21,23H,13-18H2,1-4H3. The molecule has 34 heavy (non-hydrogen) atoms. The van der Waals surface area contributed by atoms with Gasteiger partial charge in [0.25, 0.3) is 5.69 Å². The van der Waals surface area contributed by atoms with Crippen molar-refractivity contribution in [1.82, 2.24) is 9.80 Å². The Bertz CT molecular complexity index is 980. The van der Waals surface area contributed by atoms with E-state index in [4.69, 9.17) is 9.47 Å². The largest absolute Gasteiger partial charge is 0.496 e. The Balaban J connectivity index is 1.89. The highest BCUT2D eigenvalue weighted by Gasteiger charge is 2.37. The van der Waals surface area contributed by atoms with Gasteiger partial charge in [-0.25, -0.2) is 0 Å². The summed E-state index contributed by atoms with van der Waals surface area (Å²) in [4.78, 5) is 28.3. The fourth-order valence-electron chi connectivity index (χ4n) is 4.80. The van der Waals surface area contributed by atoms with Crippen molar-refractivity contribution in [3.05, 3.63) is 69.8 Å². The van der Waals surface area contributed by atoms with Crippen LogP contribution in [0.1, 0.15) is 30.9 Å². The van der Waals surface area contributed by atoms with Crippen LogP contribution >= 0.6 is 0 Å². The van der Waals surface area contributed by atoms with Crippen molar-refractivity contribution in [3.63, 3.8) is 0 Å². The van der Waals surface area contributed by atoms with Gasteiger partial charge in [-0.15, -0.1) is 0 Å². The van der Waals surface area contributed by atoms with Crippen LogP contribution in [0.3, 0.4) is 0 Å². The molecule has 0 radical (unpaired) electrons. The van der Waals surface area contributed by atoms with E-state index in [9.17, 15) is 14.9 Å². The molecule has 1 saturated heterocycles. The molecule has 8 nitrogen and oxygen atoms in total. The maximum absolute atomic E-state index is 13.0. The number of nitro groups is 1. The van der Waals surface area contributed by atoms with Crippen LogP contribution in [0.2, 0.25) is 0 Å². The highest BCUT2D eigenvalue weighted by atomic mass is 16.6. The van der Waals surface area contributed by atoms with Gasteiger partial charge in [-0.3, -0.25) is 19.8 Å². The monoisotopic (exact) mass is 469 g/mol. The Morgan fingerprint density at radius 1 is 1.15 bits per heavy atom. The molecular formula is C26H35N3O5. The molecule has 3 rings (SSSR count). The molecular weight excluding hydrogens is 434 g/mol. The van der Waals surface area contributed by atoms with Crippen molar-refractivity contribution >= 4 is 11.6 Å². The van der Waals surface area contributed by atoms with E-state index in [0.29, 0.717) is 31.8 Å². The molecule has 2 aromatic rings. The number of amides is 1. The summed E-state index contributed by atoms with van der Waals surface area (Å²) in [7, 11) is 3.31. The van der Waals surface area contributed by atoms with Crippen molar-refractivity contribution in [2.45, 2.75) is 26.3 Å². The van der Waals surface area contributed by atoms with E-state index in [1.807, 2.05) is 49.1 Å². The summed E-state index contributed by atoms with van der Waals surface area (Å²) in [5.74, 6) is 1.10. The normalized spacial score (nSPS) is 18.3. The first-order valence-electron chi connectivity index (χ1n) is 11.7. The molecule has 184 valence electrons. The Morgan fingerprint density at radius 3 is 2.53 bits per heavy atom. The van der Waals surface area contributed by atoms with Gasteiger partial charge in [0.1, 0.15) is 5.75 Å². The molecule has 2 atom stereocenters. The SMILES string of the molecule is COCCN(CC1CN(Cc2ccccc2[N+](=O)[O-])CC1c1ccccc1OC)C(=O)C(C)C. The van der Waals surface area contributed by atoms with Crippen LogP contribution in [0.25, 0.3) is 0 Å². The molecule has 8 heteroatoms. The van der Waals surface area contributed by atoms with E-state index in [2.05, 4.69) is 11.0 Å². The molecule has 2 aromatic carbocycles. The lowest BCUT2D eigenvalue weighted by atomic mass is 9.87. The molecule has 1 heterocycles. The van der Waals surface area contributed by atoms with Crippen LogP contribution in [-0.2, 0) is 16.1 Å². The fraction of sp³-hybridized carbons (Fsp3) is 0.500. The maximum Gasteiger partial charge on any atom is 0.273 e. The number of carbonyl (C=O) groups is 1. The van der Waals surface area contributed by atoms with Crippen LogP contribution in [-0.4, -0.2) is 67.6 Å². The van der Waals surface area contributed by atoms with E-state index in [-0.39, 0.29) is 34.3 Å².